The molecule has 2 rings (SSSR count). The van der Waals surface area contributed by atoms with Crippen molar-refractivity contribution in [2.75, 3.05) is 28.4 Å². The van der Waals surface area contributed by atoms with Crippen LogP contribution in [-0.2, 0) is 15.2 Å². The van der Waals surface area contributed by atoms with E-state index in [9.17, 15) is 14.7 Å². The van der Waals surface area contributed by atoms with Crippen molar-refractivity contribution in [3.8, 4) is 34.5 Å². The average Bonchev–Trinajstić information content (AvgIpc) is 2.82. The average molecular weight is 475 g/mol. The van der Waals surface area contributed by atoms with Gasteiger partial charge in [-0.15, -0.1) is 6.58 Å². The van der Waals surface area contributed by atoms with Gasteiger partial charge in [-0.3, -0.25) is 9.59 Å². The number of hydrogen-bond donors (Lipinski definition) is 1. The zero-order valence-corrected chi connectivity index (χ0v) is 20.4. The molecule has 0 bridgehead atoms. The lowest BCUT2D eigenvalue weighted by Crippen LogP contribution is -2.34. The van der Waals surface area contributed by atoms with Crippen molar-refractivity contribution in [1.82, 2.24) is 0 Å². The van der Waals surface area contributed by atoms with E-state index >= 15 is 0 Å². The first kappa shape index (κ1) is 26.5. The number of ether oxygens (including phenoxy) is 6. The van der Waals surface area contributed by atoms with Gasteiger partial charge >= 0.3 is 11.9 Å². The maximum atomic E-state index is 12.1. The fourth-order valence-corrected chi connectivity index (χ4v) is 3.55. The SMILES string of the molecule is C=CC(C)C(O)(c1cc(OC)c(OC(C)=O)c(OC)c1)c1cc(OC)c(OC(C)=O)c(OC)c1. The van der Waals surface area contributed by atoms with Gasteiger partial charge < -0.3 is 33.5 Å². The molecule has 2 aromatic carbocycles. The molecule has 0 aliphatic heterocycles. The van der Waals surface area contributed by atoms with E-state index < -0.39 is 23.5 Å². The Morgan fingerprint density at radius 3 is 1.29 bits per heavy atom. The van der Waals surface area contributed by atoms with Crippen LogP contribution in [0.3, 0.4) is 0 Å². The van der Waals surface area contributed by atoms with Gasteiger partial charge in [0.1, 0.15) is 5.60 Å². The van der Waals surface area contributed by atoms with Crippen LogP contribution in [0.5, 0.6) is 34.5 Å². The summed E-state index contributed by atoms with van der Waals surface area (Å²) in [5, 5.41) is 12.1. The molecule has 0 aliphatic carbocycles. The first-order valence-corrected chi connectivity index (χ1v) is 10.3. The van der Waals surface area contributed by atoms with Crippen LogP contribution < -0.4 is 28.4 Å². The number of carbonyl (C=O) groups is 2. The van der Waals surface area contributed by atoms with Gasteiger partial charge in [-0.2, -0.15) is 0 Å². The molecule has 9 heteroatoms. The molecule has 34 heavy (non-hydrogen) atoms. The monoisotopic (exact) mass is 474 g/mol. The maximum Gasteiger partial charge on any atom is 0.308 e. The summed E-state index contributed by atoms with van der Waals surface area (Å²) in [4.78, 5) is 23.2. The Balaban J connectivity index is 2.88. The Bertz CT molecular complexity index is 949. The van der Waals surface area contributed by atoms with Crippen LogP contribution in [-0.4, -0.2) is 45.5 Å². The summed E-state index contributed by atoms with van der Waals surface area (Å²) in [7, 11) is 5.62. The van der Waals surface area contributed by atoms with Crippen LogP contribution in [0, 0.1) is 5.92 Å². The Morgan fingerprint density at radius 2 is 1.09 bits per heavy atom. The highest BCUT2D eigenvalue weighted by Crippen LogP contribution is 2.49. The molecule has 2 aromatic rings. The lowest BCUT2D eigenvalue weighted by molar-refractivity contribution is -0.133. The van der Waals surface area contributed by atoms with Crippen molar-refractivity contribution in [2.45, 2.75) is 26.4 Å². The van der Waals surface area contributed by atoms with Gasteiger partial charge in [-0.05, 0) is 35.4 Å². The zero-order chi connectivity index (χ0) is 25.6. The molecule has 0 fully saturated rings. The van der Waals surface area contributed by atoms with Gasteiger partial charge in [-0.25, -0.2) is 0 Å². The zero-order valence-electron chi connectivity index (χ0n) is 20.4. The summed E-state index contributed by atoms with van der Waals surface area (Å²) >= 11 is 0. The fraction of sp³-hybridized carbons (Fsp3) is 0.360. The summed E-state index contributed by atoms with van der Waals surface area (Å²) in [5.41, 5.74) is -0.991. The highest BCUT2D eigenvalue weighted by atomic mass is 16.6. The summed E-state index contributed by atoms with van der Waals surface area (Å²) in [5.74, 6) is -0.807. The van der Waals surface area contributed by atoms with Gasteiger partial charge in [0.25, 0.3) is 0 Å². The summed E-state index contributed by atoms with van der Waals surface area (Å²) in [6.07, 6.45) is 1.58. The van der Waals surface area contributed by atoms with E-state index in [1.165, 1.54) is 42.3 Å². The Hall–Kier alpha value is -3.72. The van der Waals surface area contributed by atoms with Crippen LogP contribution >= 0.6 is 0 Å². The molecule has 0 aromatic heterocycles. The minimum absolute atomic E-state index is 0.0789. The highest BCUT2D eigenvalue weighted by Gasteiger charge is 2.39. The Kier molecular flexibility index (Phi) is 8.53. The number of benzene rings is 2. The molecule has 0 heterocycles. The number of aliphatic hydroxyl groups is 1. The van der Waals surface area contributed by atoms with Crippen LogP contribution in [0.2, 0.25) is 0 Å². The van der Waals surface area contributed by atoms with Gasteiger partial charge in [0.2, 0.25) is 11.5 Å². The molecular formula is C25H30O9. The first-order valence-electron chi connectivity index (χ1n) is 10.3. The van der Waals surface area contributed by atoms with E-state index in [4.69, 9.17) is 28.4 Å². The third-order valence-corrected chi connectivity index (χ3v) is 5.31. The minimum atomic E-state index is -1.70. The number of esters is 2. The van der Waals surface area contributed by atoms with Gasteiger partial charge in [0.05, 0.1) is 28.4 Å². The molecule has 0 spiro atoms. The topological polar surface area (TPSA) is 110 Å². The third kappa shape index (κ3) is 5.09. The Labute approximate surface area is 198 Å². The molecule has 1 atom stereocenters. The van der Waals surface area contributed by atoms with Crippen LogP contribution in [0.25, 0.3) is 0 Å². The van der Waals surface area contributed by atoms with E-state index in [0.717, 1.165) is 0 Å². The van der Waals surface area contributed by atoms with E-state index in [1.54, 1.807) is 37.3 Å². The van der Waals surface area contributed by atoms with Crippen molar-refractivity contribution in [1.29, 1.82) is 0 Å². The standard InChI is InChI=1S/C25H30O9/c1-9-14(2)25(28,17-10-19(29-5)23(33-15(3)26)20(11-17)30-6)18-12-21(31-7)24(34-16(4)27)22(13-18)32-8/h9-14,28H,1H2,2-8H3. The molecule has 0 radical (unpaired) electrons. The second-order valence-electron chi connectivity index (χ2n) is 7.40. The van der Waals surface area contributed by atoms with E-state index in [0.29, 0.717) is 11.1 Å². The van der Waals surface area contributed by atoms with Gasteiger partial charge in [-0.1, -0.05) is 13.0 Å². The second kappa shape index (κ2) is 10.9. The van der Waals surface area contributed by atoms with E-state index in [-0.39, 0.29) is 34.5 Å². The molecular weight excluding hydrogens is 444 g/mol. The maximum absolute atomic E-state index is 12.1. The highest BCUT2D eigenvalue weighted by molar-refractivity contribution is 5.74. The predicted molar refractivity (Wildman–Crippen MR) is 124 cm³/mol. The normalized spacial score (nSPS) is 11.8. The third-order valence-electron chi connectivity index (χ3n) is 5.31. The lowest BCUT2D eigenvalue weighted by atomic mass is 9.76. The quantitative estimate of drug-likeness (QED) is 0.314. The van der Waals surface area contributed by atoms with Crippen molar-refractivity contribution in [3.05, 3.63) is 48.0 Å². The van der Waals surface area contributed by atoms with E-state index in [1.807, 2.05) is 0 Å². The summed E-state index contributed by atoms with van der Waals surface area (Å²) < 4.78 is 32.2. The van der Waals surface area contributed by atoms with Gasteiger partial charge in [0.15, 0.2) is 23.0 Å². The van der Waals surface area contributed by atoms with Crippen molar-refractivity contribution >= 4 is 11.9 Å². The predicted octanol–water partition coefficient (Wildman–Crippen LogP) is 3.63. The van der Waals surface area contributed by atoms with Crippen LogP contribution in [0.4, 0.5) is 0 Å². The molecule has 0 saturated heterocycles. The van der Waals surface area contributed by atoms with Crippen molar-refractivity contribution < 1.29 is 43.1 Å². The molecule has 0 amide bonds. The molecule has 0 aliphatic rings. The summed E-state index contributed by atoms with van der Waals surface area (Å²) in [6, 6.07) is 6.17. The van der Waals surface area contributed by atoms with Crippen LogP contribution in [0.1, 0.15) is 31.9 Å². The smallest absolute Gasteiger partial charge is 0.308 e. The minimum Gasteiger partial charge on any atom is -0.493 e. The largest absolute Gasteiger partial charge is 0.493 e. The molecule has 0 saturated carbocycles. The van der Waals surface area contributed by atoms with E-state index in [2.05, 4.69) is 6.58 Å². The van der Waals surface area contributed by atoms with Crippen molar-refractivity contribution in [3.63, 3.8) is 0 Å². The second-order valence-corrected chi connectivity index (χ2v) is 7.40. The van der Waals surface area contributed by atoms with Crippen molar-refractivity contribution in [2.24, 2.45) is 5.92 Å². The first-order chi connectivity index (χ1) is 16.1. The molecule has 9 nitrogen and oxygen atoms in total. The summed E-state index contributed by atoms with van der Waals surface area (Å²) in [6.45, 7) is 8.12. The number of methoxy groups -OCH3 is 4. The molecule has 184 valence electrons. The fourth-order valence-electron chi connectivity index (χ4n) is 3.55. The number of carbonyl (C=O) groups excluding carboxylic acids is 2. The van der Waals surface area contributed by atoms with Gasteiger partial charge in [0, 0.05) is 19.8 Å². The lowest BCUT2D eigenvalue weighted by Gasteiger charge is -2.35. The molecule has 1 N–H and O–H groups in total. The number of hydrogen-bond acceptors (Lipinski definition) is 9. The molecule has 1 unspecified atom stereocenters. The van der Waals surface area contributed by atoms with Crippen LogP contribution in [0.15, 0.2) is 36.9 Å². The Morgan fingerprint density at radius 1 is 0.794 bits per heavy atom. The number of rotatable bonds is 10.